The maximum absolute atomic E-state index is 5.11. The Labute approximate surface area is 359 Å². The lowest BCUT2D eigenvalue weighted by atomic mass is 9.94. The highest BCUT2D eigenvalue weighted by atomic mass is 15.0. The third kappa shape index (κ3) is 7.16. The minimum atomic E-state index is 0.625. The van der Waals surface area contributed by atoms with Crippen LogP contribution in [0.4, 0.5) is 0 Å². The van der Waals surface area contributed by atoms with E-state index in [9.17, 15) is 0 Å². The van der Waals surface area contributed by atoms with E-state index in [0.29, 0.717) is 34.9 Å². The van der Waals surface area contributed by atoms with Gasteiger partial charge in [-0.25, -0.2) is 29.9 Å². The fourth-order valence-electron chi connectivity index (χ4n) is 8.05. The van der Waals surface area contributed by atoms with Crippen molar-refractivity contribution >= 4 is 21.5 Å². The predicted octanol–water partition coefficient (Wildman–Crippen LogP) is 13.7. The molecule has 0 saturated carbocycles. The van der Waals surface area contributed by atoms with Crippen molar-refractivity contribution in [3.63, 3.8) is 0 Å². The Morgan fingerprint density at radius 3 is 1.18 bits per heavy atom. The third-order valence-electron chi connectivity index (χ3n) is 11.2. The van der Waals surface area contributed by atoms with Crippen molar-refractivity contribution in [2.45, 2.75) is 0 Å². The van der Waals surface area contributed by atoms with Crippen molar-refractivity contribution < 1.29 is 0 Å². The number of benzene rings is 9. The van der Waals surface area contributed by atoms with Crippen molar-refractivity contribution in [3.05, 3.63) is 218 Å². The summed E-state index contributed by atoms with van der Waals surface area (Å²) in [5.41, 5.74) is 10.1. The van der Waals surface area contributed by atoms with Gasteiger partial charge in [0.2, 0.25) is 0 Å². The maximum Gasteiger partial charge on any atom is 0.164 e. The van der Waals surface area contributed by atoms with Gasteiger partial charge in [0.15, 0.2) is 34.9 Å². The molecule has 9 aromatic carbocycles. The van der Waals surface area contributed by atoms with E-state index in [1.807, 2.05) is 91.0 Å². The number of hydrogen-bond acceptors (Lipinski definition) is 6. The van der Waals surface area contributed by atoms with E-state index < -0.39 is 0 Å². The second kappa shape index (κ2) is 15.9. The molecule has 0 saturated heterocycles. The van der Waals surface area contributed by atoms with Crippen LogP contribution in [0, 0.1) is 0 Å². The smallest absolute Gasteiger partial charge is 0.164 e. The first-order valence-corrected chi connectivity index (χ1v) is 20.6. The second-order valence-electron chi connectivity index (χ2n) is 15.1. The fraction of sp³-hybridized carbons (Fsp3) is 0. The summed E-state index contributed by atoms with van der Waals surface area (Å²) in [5.74, 6) is 3.82. The molecule has 2 heterocycles. The SMILES string of the molecule is c1ccc(-c2nc(-c3ccccc3)nc(-c3ccc(-c4cccc5cc(-c6cccc(-c7nc(-c8ccccc8)nc(-c8cccc9ccccc89)n7)c6)ccc45)cc3)n2)cc1. The molecule has 0 bridgehead atoms. The fourth-order valence-corrected chi connectivity index (χ4v) is 8.05. The van der Waals surface area contributed by atoms with Crippen molar-refractivity contribution in [3.8, 4) is 90.6 Å². The molecule has 0 N–H and O–H groups in total. The van der Waals surface area contributed by atoms with E-state index >= 15 is 0 Å². The lowest BCUT2D eigenvalue weighted by Gasteiger charge is -2.12. The van der Waals surface area contributed by atoms with E-state index in [1.165, 1.54) is 5.39 Å². The molecule has 62 heavy (non-hydrogen) atoms. The van der Waals surface area contributed by atoms with Crippen LogP contribution in [-0.2, 0) is 0 Å². The molecule has 2 aromatic heterocycles. The summed E-state index contributed by atoms with van der Waals surface area (Å²) in [6, 6.07) is 75.0. The second-order valence-corrected chi connectivity index (χ2v) is 15.1. The average Bonchev–Trinajstić information content (AvgIpc) is 3.36. The lowest BCUT2D eigenvalue weighted by Crippen LogP contribution is -2.00. The molecule has 0 spiro atoms. The Morgan fingerprint density at radius 2 is 0.565 bits per heavy atom. The van der Waals surface area contributed by atoms with Crippen LogP contribution in [0.15, 0.2) is 218 Å². The summed E-state index contributed by atoms with van der Waals surface area (Å²) in [6.45, 7) is 0. The highest BCUT2D eigenvalue weighted by molar-refractivity contribution is 5.99. The van der Waals surface area contributed by atoms with Gasteiger partial charge < -0.3 is 0 Å². The Hall–Kier alpha value is -8.48. The normalized spacial score (nSPS) is 11.2. The Balaban J connectivity index is 0.932. The number of hydrogen-bond donors (Lipinski definition) is 0. The number of rotatable bonds is 8. The Kier molecular flexibility index (Phi) is 9.41. The summed E-state index contributed by atoms with van der Waals surface area (Å²) < 4.78 is 0. The third-order valence-corrected chi connectivity index (χ3v) is 11.2. The zero-order chi connectivity index (χ0) is 41.2. The molecule has 0 amide bonds. The predicted molar refractivity (Wildman–Crippen MR) is 252 cm³/mol. The molecule has 0 aliphatic rings. The van der Waals surface area contributed by atoms with Gasteiger partial charge in [-0.05, 0) is 55.9 Å². The van der Waals surface area contributed by atoms with Gasteiger partial charge in [-0.15, -0.1) is 0 Å². The standard InChI is InChI=1S/C56H36N6/c1-4-16-39(17-5-1)51-57-52(40-18-6-2-7-19-40)59-54(58-51)42-31-29-38(30-32-42)47-27-14-24-45-35-44(33-34-49(45)47)43-23-12-25-46(36-43)55-60-53(41-20-8-3-9-21-41)61-56(62-55)50-28-13-22-37-15-10-11-26-48(37)50/h1-36H. The van der Waals surface area contributed by atoms with E-state index in [-0.39, 0.29) is 0 Å². The topological polar surface area (TPSA) is 77.3 Å². The van der Waals surface area contributed by atoms with Crippen LogP contribution in [0.1, 0.15) is 0 Å². The summed E-state index contributed by atoms with van der Waals surface area (Å²) in [5, 5.41) is 4.56. The van der Waals surface area contributed by atoms with Crippen LogP contribution in [-0.4, -0.2) is 29.9 Å². The summed E-state index contributed by atoms with van der Waals surface area (Å²) in [4.78, 5) is 29.9. The van der Waals surface area contributed by atoms with E-state index in [4.69, 9.17) is 29.9 Å². The first-order valence-electron chi connectivity index (χ1n) is 20.6. The van der Waals surface area contributed by atoms with E-state index in [0.717, 1.165) is 71.8 Å². The molecule has 11 aromatic rings. The largest absolute Gasteiger partial charge is 0.208 e. The van der Waals surface area contributed by atoms with Gasteiger partial charge in [-0.2, -0.15) is 0 Å². The van der Waals surface area contributed by atoms with Gasteiger partial charge >= 0.3 is 0 Å². The summed E-state index contributed by atoms with van der Waals surface area (Å²) >= 11 is 0. The number of fused-ring (bicyclic) bond motifs is 2. The molecule has 0 aliphatic carbocycles. The van der Waals surface area contributed by atoms with Crippen LogP contribution >= 0.6 is 0 Å². The zero-order valence-electron chi connectivity index (χ0n) is 33.5. The first kappa shape index (κ1) is 36.6. The van der Waals surface area contributed by atoms with Crippen molar-refractivity contribution in [2.24, 2.45) is 0 Å². The van der Waals surface area contributed by atoms with Crippen molar-refractivity contribution in [2.75, 3.05) is 0 Å². The van der Waals surface area contributed by atoms with E-state index in [2.05, 4.69) is 127 Å². The quantitative estimate of drug-likeness (QED) is 0.152. The molecule has 6 nitrogen and oxygen atoms in total. The zero-order valence-corrected chi connectivity index (χ0v) is 33.5. The van der Waals surface area contributed by atoms with E-state index in [1.54, 1.807) is 0 Å². The lowest BCUT2D eigenvalue weighted by molar-refractivity contribution is 1.07. The molecular formula is C56H36N6. The van der Waals surface area contributed by atoms with Crippen LogP contribution < -0.4 is 0 Å². The monoisotopic (exact) mass is 792 g/mol. The average molecular weight is 793 g/mol. The first-order chi connectivity index (χ1) is 30.7. The number of nitrogens with zero attached hydrogens (tertiary/aromatic N) is 6. The molecule has 0 fully saturated rings. The molecule has 6 heteroatoms. The highest BCUT2D eigenvalue weighted by Gasteiger charge is 2.16. The van der Waals surface area contributed by atoms with Gasteiger partial charge in [0.25, 0.3) is 0 Å². The highest BCUT2D eigenvalue weighted by Crippen LogP contribution is 2.35. The molecule has 11 rings (SSSR count). The van der Waals surface area contributed by atoms with Gasteiger partial charge in [0.05, 0.1) is 0 Å². The Morgan fingerprint density at radius 1 is 0.194 bits per heavy atom. The van der Waals surface area contributed by atoms with Crippen LogP contribution in [0.2, 0.25) is 0 Å². The van der Waals surface area contributed by atoms with Gasteiger partial charge in [-0.3, -0.25) is 0 Å². The summed E-state index contributed by atoms with van der Waals surface area (Å²) in [7, 11) is 0. The molecule has 0 unspecified atom stereocenters. The van der Waals surface area contributed by atoms with Crippen molar-refractivity contribution in [1.29, 1.82) is 0 Å². The van der Waals surface area contributed by atoms with Crippen LogP contribution in [0.5, 0.6) is 0 Å². The van der Waals surface area contributed by atoms with Gasteiger partial charge in [0, 0.05) is 33.4 Å². The minimum absolute atomic E-state index is 0.625. The van der Waals surface area contributed by atoms with Crippen LogP contribution in [0.25, 0.3) is 112 Å². The summed E-state index contributed by atoms with van der Waals surface area (Å²) in [6.07, 6.45) is 0. The molecule has 0 aliphatic heterocycles. The van der Waals surface area contributed by atoms with Crippen molar-refractivity contribution in [1.82, 2.24) is 29.9 Å². The van der Waals surface area contributed by atoms with Crippen LogP contribution in [0.3, 0.4) is 0 Å². The van der Waals surface area contributed by atoms with Gasteiger partial charge in [0.1, 0.15) is 0 Å². The molecular weight excluding hydrogens is 757 g/mol. The molecule has 0 atom stereocenters. The maximum atomic E-state index is 5.11. The Bertz CT molecular complexity index is 3330. The molecule has 0 radical (unpaired) electrons. The molecule has 290 valence electrons. The number of aromatic nitrogens is 6. The minimum Gasteiger partial charge on any atom is -0.208 e. The van der Waals surface area contributed by atoms with Gasteiger partial charge in [-0.1, -0.05) is 206 Å².